The van der Waals surface area contributed by atoms with Crippen molar-refractivity contribution in [2.45, 2.75) is 30.4 Å². The van der Waals surface area contributed by atoms with Gasteiger partial charge >= 0.3 is 0 Å². The molecule has 6 nitrogen and oxygen atoms in total. The van der Waals surface area contributed by atoms with Crippen molar-refractivity contribution < 1.29 is 18.1 Å². The van der Waals surface area contributed by atoms with Crippen LogP contribution in [0.4, 0.5) is 5.69 Å². The molecule has 0 atom stereocenters. The summed E-state index contributed by atoms with van der Waals surface area (Å²) in [6.45, 7) is 4.66. The lowest BCUT2D eigenvalue weighted by molar-refractivity contribution is -0.385. The van der Waals surface area contributed by atoms with E-state index >= 15 is 0 Å². The second kappa shape index (κ2) is 5.09. The summed E-state index contributed by atoms with van der Waals surface area (Å²) in [7, 11) is -2.39. The van der Waals surface area contributed by atoms with Gasteiger partial charge in [-0.25, -0.2) is 8.42 Å². The van der Waals surface area contributed by atoms with Gasteiger partial charge < -0.3 is 4.74 Å². The van der Waals surface area contributed by atoms with E-state index in [0.717, 1.165) is 6.07 Å². The summed E-state index contributed by atoms with van der Waals surface area (Å²) >= 11 is 3.01. The Kier molecular flexibility index (Phi) is 4.26. The van der Waals surface area contributed by atoms with Crippen LogP contribution in [0.1, 0.15) is 20.8 Å². The molecule has 0 unspecified atom stereocenters. The van der Waals surface area contributed by atoms with E-state index in [1.807, 2.05) is 0 Å². The van der Waals surface area contributed by atoms with Crippen LogP contribution in [0.2, 0.25) is 0 Å². The number of nitro groups is 1. The molecule has 106 valence electrons. The average Bonchev–Trinajstić information content (AvgIpc) is 2.26. The van der Waals surface area contributed by atoms with E-state index in [4.69, 9.17) is 4.74 Å². The summed E-state index contributed by atoms with van der Waals surface area (Å²) in [5.41, 5.74) is -0.246. The van der Waals surface area contributed by atoms with Crippen LogP contribution >= 0.6 is 15.9 Å². The number of nitrogens with zero attached hydrogens (tertiary/aromatic N) is 1. The van der Waals surface area contributed by atoms with Crippen LogP contribution in [-0.4, -0.2) is 25.2 Å². The van der Waals surface area contributed by atoms with Crippen molar-refractivity contribution in [3.05, 3.63) is 26.7 Å². The molecule has 0 aliphatic rings. The average molecular weight is 352 g/mol. The molecule has 0 aromatic heterocycles. The molecular weight excluding hydrogens is 338 g/mol. The predicted molar refractivity (Wildman–Crippen MR) is 74.3 cm³/mol. The zero-order valence-electron chi connectivity index (χ0n) is 10.9. The van der Waals surface area contributed by atoms with Crippen molar-refractivity contribution in [1.29, 1.82) is 0 Å². The van der Waals surface area contributed by atoms with Gasteiger partial charge in [-0.15, -0.1) is 0 Å². The van der Waals surface area contributed by atoms with Crippen LogP contribution in [0.15, 0.2) is 21.5 Å². The minimum Gasteiger partial charge on any atom is -0.495 e. The lowest BCUT2D eigenvalue weighted by atomic mass is 10.3. The van der Waals surface area contributed by atoms with E-state index in [-0.39, 0.29) is 20.8 Å². The van der Waals surface area contributed by atoms with E-state index in [0.29, 0.717) is 0 Å². The highest BCUT2D eigenvalue weighted by Gasteiger charge is 2.35. The Bertz CT molecular complexity index is 619. The molecule has 0 aliphatic carbocycles. The topological polar surface area (TPSA) is 86.5 Å². The summed E-state index contributed by atoms with van der Waals surface area (Å²) in [4.78, 5) is 10.1. The fourth-order valence-corrected chi connectivity index (χ4v) is 3.34. The van der Waals surface area contributed by atoms with Crippen molar-refractivity contribution in [3.8, 4) is 5.75 Å². The van der Waals surface area contributed by atoms with Crippen molar-refractivity contribution in [1.82, 2.24) is 0 Å². The maximum atomic E-state index is 12.4. The number of benzene rings is 1. The highest BCUT2D eigenvalue weighted by atomic mass is 79.9. The van der Waals surface area contributed by atoms with Gasteiger partial charge in [0.1, 0.15) is 10.6 Å². The van der Waals surface area contributed by atoms with Crippen molar-refractivity contribution in [3.63, 3.8) is 0 Å². The largest absolute Gasteiger partial charge is 0.495 e. The first-order valence-electron chi connectivity index (χ1n) is 5.29. The summed E-state index contributed by atoms with van der Waals surface area (Å²) in [5.74, 6) is -0.0372. The molecule has 0 saturated carbocycles. The van der Waals surface area contributed by atoms with E-state index in [9.17, 15) is 18.5 Å². The van der Waals surface area contributed by atoms with Gasteiger partial charge in [-0.3, -0.25) is 10.1 Å². The SMILES string of the molecule is COc1cc([N+](=O)[O-])c(Br)cc1S(=O)(=O)C(C)(C)C. The Labute approximate surface area is 120 Å². The third-order valence-corrected chi connectivity index (χ3v) is 5.67. The van der Waals surface area contributed by atoms with Crippen LogP contribution in [0.25, 0.3) is 0 Å². The lowest BCUT2D eigenvalue weighted by Crippen LogP contribution is -2.28. The third-order valence-electron chi connectivity index (χ3n) is 2.53. The number of hydrogen-bond donors (Lipinski definition) is 0. The Morgan fingerprint density at radius 2 is 1.84 bits per heavy atom. The molecule has 0 N–H and O–H groups in total. The van der Waals surface area contributed by atoms with Gasteiger partial charge in [-0.05, 0) is 42.8 Å². The standard InChI is InChI=1S/C11H14BrNO5S/c1-11(2,3)19(16,17)10-5-7(12)8(13(14)15)6-9(10)18-4/h5-6H,1-4H3. The van der Waals surface area contributed by atoms with E-state index < -0.39 is 19.5 Å². The van der Waals surface area contributed by atoms with Crippen LogP contribution < -0.4 is 4.74 Å². The molecule has 0 saturated heterocycles. The van der Waals surface area contributed by atoms with Gasteiger partial charge in [-0.2, -0.15) is 0 Å². The number of sulfone groups is 1. The van der Waals surface area contributed by atoms with Gasteiger partial charge in [-0.1, -0.05) is 0 Å². The first-order chi connectivity index (χ1) is 8.52. The highest BCUT2D eigenvalue weighted by molar-refractivity contribution is 9.10. The molecule has 0 aliphatic heterocycles. The van der Waals surface area contributed by atoms with Crippen LogP contribution in [0, 0.1) is 10.1 Å². The lowest BCUT2D eigenvalue weighted by Gasteiger charge is -2.21. The second-order valence-corrected chi connectivity index (χ2v) is 8.35. The fourth-order valence-electron chi connectivity index (χ4n) is 1.36. The Balaban J connectivity index is 3.64. The number of hydrogen-bond acceptors (Lipinski definition) is 5. The van der Waals surface area contributed by atoms with E-state index in [2.05, 4.69) is 15.9 Å². The number of methoxy groups -OCH3 is 1. The number of nitro benzene ring substituents is 1. The fraction of sp³-hybridized carbons (Fsp3) is 0.455. The molecule has 19 heavy (non-hydrogen) atoms. The number of halogens is 1. The molecule has 0 spiro atoms. The molecule has 0 bridgehead atoms. The minimum atomic E-state index is -3.66. The van der Waals surface area contributed by atoms with Crippen molar-refractivity contribution in [2.24, 2.45) is 0 Å². The zero-order chi connectivity index (χ0) is 15.0. The van der Waals surface area contributed by atoms with Gasteiger partial charge in [0.25, 0.3) is 5.69 Å². The molecular formula is C11H14BrNO5S. The van der Waals surface area contributed by atoms with Gasteiger partial charge in [0, 0.05) is 0 Å². The molecule has 0 amide bonds. The van der Waals surface area contributed by atoms with Gasteiger partial charge in [0.05, 0.1) is 27.3 Å². The molecule has 1 rings (SSSR count). The van der Waals surface area contributed by atoms with Crippen LogP contribution in [0.5, 0.6) is 5.75 Å². The highest BCUT2D eigenvalue weighted by Crippen LogP contribution is 2.38. The van der Waals surface area contributed by atoms with Gasteiger partial charge in [0.2, 0.25) is 0 Å². The van der Waals surface area contributed by atoms with Crippen LogP contribution in [-0.2, 0) is 9.84 Å². The van der Waals surface area contributed by atoms with E-state index in [1.54, 1.807) is 20.8 Å². The molecule has 1 aromatic carbocycles. The summed E-state index contributed by atoms with van der Waals surface area (Å²) in [5, 5.41) is 10.8. The molecule has 0 heterocycles. The minimum absolute atomic E-state index is 0.0372. The quantitative estimate of drug-likeness (QED) is 0.617. The van der Waals surface area contributed by atoms with E-state index in [1.165, 1.54) is 13.2 Å². The van der Waals surface area contributed by atoms with Crippen molar-refractivity contribution >= 4 is 31.5 Å². The normalized spacial score (nSPS) is 12.3. The first-order valence-corrected chi connectivity index (χ1v) is 7.56. The maximum absolute atomic E-state index is 12.4. The van der Waals surface area contributed by atoms with Gasteiger partial charge in [0.15, 0.2) is 9.84 Å². The smallest absolute Gasteiger partial charge is 0.287 e. The molecule has 0 fully saturated rings. The summed E-state index contributed by atoms with van der Waals surface area (Å²) in [6.07, 6.45) is 0. The van der Waals surface area contributed by atoms with Crippen LogP contribution in [0.3, 0.4) is 0 Å². The van der Waals surface area contributed by atoms with Crippen molar-refractivity contribution in [2.75, 3.05) is 7.11 Å². The summed E-state index contributed by atoms with van der Waals surface area (Å²) in [6, 6.07) is 2.31. The molecule has 0 radical (unpaired) electrons. The Morgan fingerprint density at radius 3 is 2.21 bits per heavy atom. The monoisotopic (exact) mass is 351 g/mol. The Hall–Kier alpha value is -1.15. The first kappa shape index (κ1) is 15.9. The second-order valence-electron chi connectivity index (χ2n) is 4.83. The maximum Gasteiger partial charge on any atom is 0.287 e. The number of rotatable bonds is 3. The zero-order valence-corrected chi connectivity index (χ0v) is 13.3. The molecule has 8 heteroatoms. The molecule has 1 aromatic rings. The predicted octanol–water partition coefficient (Wildman–Crippen LogP) is 2.94. The summed E-state index contributed by atoms with van der Waals surface area (Å²) < 4.78 is 28.8. The Morgan fingerprint density at radius 1 is 1.32 bits per heavy atom. The number of ether oxygens (including phenoxy) is 1. The third kappa shape index (κ3) is 2.89.